The minimum Gasteiger partial charge on any atom is -0.373 e. The molecule has 2 aromatic heterocycles. The zero-order valence-electron chi connectivity index (χ0n) is 13.5. The van der Waals surface area contributed by atoms with E-state index in [2.05, 4.69) is 20.4 Å². The standard InChI is InChI=1S/C14H19N5O3S/c1-8-14(9(2)22-18-8)23(20,21)19-6-5-12(19)11-7-13(15-4)17-10(3)16-11/h7,12H,5-6H2,1-4H3,(H,15,16,17). The summed E-state index contributed by atoms with van der Waals surface area (Å²) in [7, 11) is -1.89. The van der Waals surface area contributed by atoms with E-state index in [9.17, 15) is 8.42 Å². The lowest BCUT2D eigenvalue weighted by Gasteiger charge is -2.39. The quantitative estimate of drug-likeness (QED) is 0.903. The summed E-state index contributed by atoms with van der Waals surface area (Å²) in [5, 5.41) is 6.71. The van der Waals surface area contributed by atoms with E-state index in [1.165, 1.54) is 4.31 Å². The van der Waals surface area contributed by atoms with Crippen LogP contribution >= 0.6 is 0 Å². The van der Waals surface area contributed by atoms with Crippen molar-refractivity contribution in [1.82, 2.24) is 19.4 Å². The van der Waals surface area contributed by atoms with Crippen LogP contribution in [0.15, 0.2) is 15.5 Å². The van der Waals surface area contributed by atoms with Gasteiger partial charge in [0.05, 0.1) is 11.7 Å². The highest BCUT2D eigenvalue weighted by Crippen LogP contribution is 2.39. The SMILES string of the molecule is CNc1cc(C2CCN2S(=O)(=O)c2c(C)noc2C)nc(C)n1. The van der Waals surface area contributed by atoms with Crippen LogP contribution in [0.25, 0.3) is 0 Å². The Balaban J connectivity index is 1.98. The zero-order valence-corrected chi connectivity index (χ0v) is 14.3. The van der Waals surface area contributed by atoms with Crippen molar-refractivity contribution in [3.05, 3.63) is 29.0 Å². The molecule has 1 aliphatic rings. The molecule has 2 aromatic rings. The van der Waals surface area contributed by atoms with E-state index in [1.807, 2.05) is 0 Å². The molecule has 3 heterocycles. The van der Waals surface area contributed by atoms with Gasteiger partial charge in [0.2, 0.25) is 10.0 Å². The van der Waals surface area contributed by atoms with Gasteiger partial charge in [-0.25, -0.2) is 18.4 Å². The maximum absolute atomic E-state index is 12.9. The molecule has 1 unspecified atom stereocenters. The number of nitrogens with zero attached hydrogens (tertiary/aromatic N) is 4. The Hall–Kier alpha value is -2.00. The minimum absolute atomic E-state index is 0.154. The maximum Gasteiger partial charge on any atom is 0.249 e. The van der Waals surface area contributed by atoms with Crippen LogP contribution in [0.2, 0.25) is 0 Å². The summed E-state index contributed by atoms with van der Waals surface area (Å²) in [6.07, 6.45) is 0.724. The van der Waals surface area contributed by atoms with Gasteiger partial charge in [0.15, 0.2) is 5.76 Å². The Morgan fingerprint density at radius 2 is 2.04 bits per heavy atom. The first-order valence-corrected chi connectivity index (χ1v) is 8.76. The smallest absolute Gasteiger partial charge is 0.249 e. The van der Waals surface area contributed by atoms with E-state index in [4.69, 9.17) is 4.52 Å². The van der Waals surface area contributed by atoms with Crippen molar-refractivity contribution in [2.75, 3.05) is 18.9 Å². The monoisotopic (exact) mass is 337 g/mol. The molecule has 1 saturated heterocycles. The van der Waals surface area contributed by atoms with Crippen LogP contribution < -0.4 is 5.32 Å². The number of anilines is 1. The Morgan fingerprint density at radius 1 is 1.30 bits per heavy atom. The van der Waals surface area contributed by atoms with Crippen LogP contribution in [0.3, 0.4) is 0 Å². The van der Waals surface area contributed by atoms with Crippen molar-refractivity contribution in [2.45, 2.75) is 38.1 Å². The number of aromatic nitrogens is 3. The highest BCUT2D eigenvalue weighted by Gasteiger charge is 2.42. The van der Waals surface area contributed by atoms with Crippen LogP contribution in [0.4, 0.5) is 5.82 Å². The predicted molar refractivity (Wildman–Crippen MR) is 83.5 cm³/mol. The van der Waals surface area contributed by atoms with E-state index >= 15 is 0 Å². The molecule has 0 amide bonds. The summed E-state index contributed by atoms with van der Waals surface area (Å²) in [5.74, 6) is 1.59. The van der Waals surface area contributed by atoms with Gasteiger partial charge >= 0.3 is 0 Å². The van der Waals surface area contributed by atoms with Gasteiger partial charge in [0.1, 0.15) is 22.2 Å². The fraction of sp³-hybridized carbons (Fsp3) is 0.500. The second kappa shape index (κ2) is 5.57. The second-order valence-electron chi connectivity index (χ2n) is 5.55. The predicted octanol–water partition coefficient (Wildman–Crippen LogP) is 1.57. The lowest BCUT2D eigenvalue weighted by Crippen LogP contribution is -2.45. The Bertz CT molecular complexity index is 827. The summed E-state index contributed by atoms with van der Waals surface area (Å²) in [6.45, 7) is 5.48. The van der Waals surface area contributed by atoms with Gasteiger partial charge in [-0.1, -0.05) is 5.16 Å². The number of nitrogens with one attached hydrogen (secondary N) is 1. The number of hydrogen-bond acceptors (Lipinski definition) is 7. The van der Waals surface area contributed by atoms with Crippen LogP contribution in [0.5, 0.6) is 0 Å². The first-order chi connectivity index (χ1) is 10.8. The number of aryl methyl sites for hydroxylation is 3. The van der Waals surface area contributed by atoms with Gasteiger partial charge in [0, 0.05) is 19.7 Å². The van der Waals surface area contributed by atoms with E-state index < -0.39 is 10.0 Å². The normalized spacial score (nSPS) is 18.7. The van der Waals surface area contributed by atoms with Crippen LogP contribution in [-0.2, 0) is 10.0 Å². The van der Waals surface area contributed by atoms with Crippen molar-refractivity contribution in [2.24, 2.45) is 0 Å². The van der Waals surface area contributed by atoms with Gasteiger partial charge in [-0.15, -0.1) is 0 Å². The average molecular weight is 337 g/mol. The molecule has 0 spiro atoms. The van der Waals surface area contributed by atoms with Crippen LogP contribution in [-0.4, -0.2) is 41.4 Å². The largest absolute Gasteiger partial charge is 0.373 e. The molecular formula is C14H19N5O3S. The van der Waals surface area contributed by atoms with E-state index in [0.717, 1.165) is 6.42 Å². The Morgan fingerprint density at radius 3 is 2.57 bits per heavy atom. The molecule has 0 bridgehead atoms. The fourth-order valence-electron chi connectivity index (χ4n) is 2.80. The second-order valence-corrected chi connectivity index (χ2v) is 7.38. The third-order valence-electron chi connectivity index (χ3n) is 3.96. The Kier molecular flexibility index (Phi) is 3.85. The van der Waals surface area contributed by atoms with Crippen molar-refractivity contribution in [3.63, 3.8) is 0 Å². The molecule has 9 heteroatoms. The van der Waals surface area contributed by atoms with Crippen molar-refractivity contribution < 1.29 is 12.9 Å². The molecule has 3 rings (SSSR count). The Labute approximate surface area is 135 Å². The fourth-order valence-corrected chi connectivity index (χ4v) is 4.74. The number of rotatable bonds is 4. The number of sulfonamides is 1. The lowest BCUT2D eigenvalue weighted by molar-refractivity contribution is 0.197. The summed E-state index contributed by atoms with van der Waals surface area (Å²) in [4.78, 5) is 8.80. The molecular weight excluding hydrogens is 318 g/mol. The molecule has 0 aliphatic carbocycles. The van der Waals surface area contributed by atoms with Crippen LogP contribution in [0.1, 0.15) is 35.4 Å². The zero-order chi connectivity index (χ0) is 16.8. The first kappa shape index (κ1) is 15.9. The minimum atomic E-state index is -3.65. The molecule has 1 N–H and O–H groups in total. The molecule has 0 aromatic carbocycles. The molecule has 23 heavy (non-hydrogen) atoms. The first-order valence-electron chi connectivity index (χ1n) is 7.32. The summed E-state index contributed by atoms with van der Waals surface area (Å²) in [6, 6.07) is 1.50. The molecule has 1 fully saturated rings. The molecule has 0 radical (unpaired) electrons. The number of hydrogen-bond donors (Lipinski definition) is 1. The van der Waals surface area contributed by atoms with Gasteiger partial charge in [-0.05, 0) is 27.2 Å². The maximum atomic E-state index is 12.9. The molecule has 124 valence electrons. The third-order valence-corrected chi connectivity index (χ3v) is 6.11. The van der Waals surface area contributed by atoms with E-state index in [0.29, 0.717) is 35.3 Å². The summed E-state index contributed by atoms with van der Waals surface area (Å²) < 4.78 is 32.3. The molecule has 1 atom stereocenters. The average Bonchev–Trinajstić information content (AvgIpc) is 2.76. The van der Waals surface area contributed by atoms with Crippen molar-refractivity contribution >= 4 is 15.8 Å². The third kappa shape index (κ3) is 2.59. The van der Waals surface area contributed by atoms with E-state index in [1.54, 1.807) is 33.9 Å². The van der Waals surface area contributed by atoms with Gasteiger partial charge in [-0.2, -0.15) is 4.31 Å². The van der Waals surface area contributed by atoms with Gasteiger partial charge in [0.25, 0.3) is 0 Å². The molecule has 1 aliphatic heterocycles. The van der Waals surface area contributed by atoms with Crippen molar-refractivity contribution in [1.29, 1.82) is 0 Å². The van der Waals surface area contributed by atoms with Gasteiger partial charge < -0.3 is 9.84 Å². The molecule has 8 nitrogen and oxygen atoms in total. The van der Waals surface area contributed by atoms with Crippen LogP contribution in [0, 0.1) is 20.8 Å². The molecule has 0 saturated carbocycles. The highest BCUT2D eigenvalue weighted by molar-refractivity contribution is 7.89. The summed E-state index contributed by atoms with van der Waals surface area (Å²) >= 11 is 0. The van der Waals surface area contributed by atoms with Crippen molar-refractivity contribution in [3.8, 4) is 0 Å². The van der Waals surface area contributed by atoms with Gasteiger partial charge in [-0.3, -0.25) is 0 Å². The lowest BCUT2D eigenvalue weighted by atomic mass is 10.0. The summed E-state index contributed by atoms with van der Waals surface area (Å²) in [5.41, 5.74) is 1.08. The highest BCUT2D eigenvalue weighted by atomic mass is 32.2. The van der Waals surface area contributed by atoms with E-state index in [-0.39, 0.29) is 10.9 Å². The topological polar surface area (TPSA) is 101 Å².